The quantitative estimate of drug-likeness (QED) is 0.828. The molecule has 3 heterocycles. The number of aromatic nitrogens is 2. The summed E-state index contributed by atoms with van der Waals surface area (Å²) in [6.45, 7) is 6.40. The monoisotopic (exact) mass is 263 g/mol. The van der Waals surface area contributed by atoms with E-state index in [9.17, 15) is 0 Å². The minimum absolute atomic E-state index is 0.361. The van der Waals surface area contributed by atoms with Gasteiger partial charge in [0.1, 0.15) is 12.4 Å². The third-order valence-corrected chi connectivity index (χ3v) is 4.11. The van der Waals surface area contributed by atoms with Gasteiger partial charge in [0.25, 0.3) is 0 Å². The van der Waals surface area contributed by atoms with Crippen LogP contribution in [0.5, 0.6) is 0 Å². The number of anilines is 1. The van der Waals surface area contributed by atoms with E-state index in [-0.39, 0.29) is 0 Å². The number of methoxy groups -OCH3 is 1. The fraction of sp³-hybridized carbons (Fsp3) is 0.714. The Morgan fingerprint density at radius 1 is 1.42 bits per heavy atom. The van der Waals surface area contributed by atoms with Gasteiger partial charge in [0, 0.05) is 44.0 Å². The summed E-state index contributed by atoms with van der Waals surface area (Å²) in [4.78, 5) is 11.4. The van der Waals surface area contributed by atoms with E-state index in [0.29, 0.717) is 12.0 Å². The Hall–Kier alpha value is -1.20. The third kappa shape index (κ3) is 2.58. The Balaban J connectivity index is 1.79. The lowest BCUT2D eigenvalue weighted by Gasteiger charge is -2.23. The molecule has 1 aromatic heterocycles. The predicted molar refractivity (Wildman–Crippen MR) is 72.2 cm³/mol. The van der Waals surface area contributed by atoms with Crippen LogP contribution in [0, 0.1) is 12.3 Å². The Morgan fingerprint density at radius 3 is 3.05 bits per heavy atom. The van der Waals surface area contributed by atoms with Gasteiger partial charge in [-0.2, -0.15) is 0 Å². The summed E-state index contributed by atoms with van der Waals surface area (Å²) >= 11 is 0. The van der Waals surface area contributed by atoms with Gasteiger partial charge < -0.3 is 14.4 Å². The van der Waals surface area contributed by atoms with Crippen LogP contribution in [0.3, 0.4) is 0 Å². The van der Waals surface area contributed by atoms with Crippen LogP contribution in [0.1, 0.15) is 24.4 Å². The van der Waals surface area contributed by atoms with Crippen molar-refractivity contribution >= 4 is 5.82 Å². The fourth-order valence-corrected chi connectivity index (χ4v) is 3.07. The second-order valence-electron chi connectivity index (χ2n) is 5.69. The topological polar surface area (TPSA) is 47.5 Å². The molecule has 104 valence electrons. The van der Waals surface area contributed by atoms with Gasteiger partial charge >= 0.3 is 0 Å². The minimum Gasteiger partial charge on any atom is -0.381 e. The van der Waals surface area contributed by atoms with Crippen LogP contribution in [-0.4, -0.2) is 43.4 Å². The molecular formula is C14H21N3O2. The first-order chi connectivity index (χ1) is 9.21. The van der Waals surface area contributed by atoms with Crippen LogP contribution in [0.15, 0.2) is 6.07 Å². The Bertz CT molecular complexity index is 458. The van der Waals surface area contributed by atoms with Gasteiger partial charge in [-0.1, -0.05) is 0 Å². The molecule has 5 heteroatoms. The van der Waals surface area contributed by atoms with E-state index >= 15 is 0 Å². The highest BCUT2D eigenvalue weighted by Gasteiger charge is 2.41. The van der Waals surface area contributed by atoms with Crippen molar-refractivity contribution in [2.75, 3.05) is 38.3 Å². The highest BCUT2D eigenvalue weighted by Crippen LogP contribution is 2.39. The first-order valence-corrected chi connectivity index (χ1v) is 6.87. The van der Waals surface area contributed by atoms with Crippen molar-refractivity contribution in [3.63, 3.8) is 0 Å². The van der Waals surface area contributed by atoms with E-state index in [1.165, 1.54) is 12.8 Å². The molecular weight excluding hydrogens is 242 g/mol. The molecule has 0 saturated carbocycles. The van der Waals surface area contributed by atoms with Gasteiger partial charge in [0.2, 0.25) is 0 Å². The lowest BCUT2D eigenvalue weighted by molar-refractivity contribution is 0.160. The van der Waals surface area contributed by atoms with E-state index in [1.807, 2.05) is 6.92 Å². The van der Waals surface area contributed by atoms with Gasteiger partial charge in [-0.05, 0) is 19.8 Å². The van der Waals surface area contributed by atoms with Crippen molar-refractivity contribution in [3.8, 4) is 0 Å². The van der Waals surface area contributed by atoms with E-state index in [4.69, 9.17) is 9.47 Å². The predicted octanol–water partition coefficient (Wildman–Crippen LogP) is 1.55. The molecule has 1 aromatic rings. The Labute approximate surface area is 113 Å². The maximum absolute atomic E-state index is 5.57. The first kappa shape index (κ1) is 12.8. The van der Waals surface area contributed by atoms with E-state index in [1.54, 1.807) is 7.11 Å². The molecule has 0 aliphatic carbocycles. The molecule has 1 unspecified atom stereocenters. The molecule has 0 bridgehead atoms. The molecule has 1 spiro atoms. The molecule has 0 radical (unpaired) electrons. The Kier molecular flexibility index (Phi) is 3.41. The molecule has 0 amide bonds. The molecule has 2 aliphatic rings. The Morgan fingerprint density at radius 2 is 2.32 bits per heavy atom. The number of hydrogen-bond acceptors (Lipinski definition) is 5. The highest BCUT2D eigenvalue weighted by atomic mass is 16.5. The summed E-state index contributed by atoms with van der Waals surface area (Å²) in [5.74, 6) is 1.80. The molecule has 1 atom stereocenters. The normalized spacial score (nSPS) is 26.5. The van der Waals surface area contributed by atoms with Crippen LogP contribution < -0.4 is 4.90 Å². The van der Waals surface area contributed by atoms with Gasteiger partial charge in [0.15, 0.2) is 5.82 Å². The summed E-state index contributed by atoms with van der Waals surface area (Å²) in [5, 5.41) is 0. The second kappa shape index (κ2) is 5.06. The smallest absolute Gasteiger partial charge is 0.156 e. The van der Waals surface area contributed by atoms with Crippen LogP contribution in [0.4, 0.5) is 5.82 Å². The standard InChI is InChI=1S/C14H21N3O2/c1-11-7-13(16-12(15-11)8-18-2)17-5-3-14(9-17)4-6-19-10-14/h7H,3-6,8-10H2,1-2H3. The van der Waals surface area contributed by atoms with Crippen molar-refractivity contribution < 1.29 is 9.47 Å². The number of aryl methyl sites for hydroxylation is 1. The molecule has 0 N–H and O–H groups in total. The van der Waals surface area contributed by atoms with Crippen LogP contribution in [0.25, 0.3) is 0 Å². The summed E-state index contributed by atoms with van der Waals surface area (Å²) in [6.07, 6.45) is 2.38. The zero-order valence-electron chi connectivity index (χ0n) is 11.7. The van der Waals surface area contributed by atoms with Gasteiger partial charge in [0.05, 0.1) is 6.61 Å². The number of nitrogens with zero attached hydrogens (tertiary/aromatic N) is 3. The minimum atomic E-state index is 0.361. The maximum Gasteiger partial charge on any atom is 0.156 e. The van der Waals surface area contributed by atoms with E-state index < -0.39 is 0 Å². The summed E-state index contributed by atoms with van der Waals surface area (Å²) in [6, 6.07) is 2.06. The van der Waals surface area contributed by atoms with Crippen molar-refractivity contribution in [3.05, 3.63) is 17.6 Å². The largest absolute Gasteiger partial charge is 0.381 e. The van der Waals surface area contributed by atoms with Crippen molar-refractivity contribution in [1.82, 2.24) is 9.97 Å². The summed E-state index contributed by atoms with van der Waals surface area (Å²) in [7, 11) is 1.67. The average molecular weight is 263 g/mol. The van der Waals surface area contributed by atoms with E-state index in [0.717, 1.165) is 43.6 Å². The molecule has 3 rings (SSSR count). The first-order valence-electron chi connectivity index (χ1n) is 6.87. The third-order valence-electron chi connectivity index (χ3n) is 4.11. The molecule has 2 aliphatic heterocycles. The molecule has 5 nitrogen and oxygen atoms in total. The maximum atomic E-state index is 5.57. The zero-order valence-corrected chi connectivity index (χ0v) is 11.7. The van der Waals surface area contributed by atoms with E-state index in [2.05, 4.69) is 20.9 Å². The molecule has 2 saturated heterocycles. The van der Waals surface area contributed by atoms with Gasteiger partial charge in [-0.25, -0.2) is 9.97 Å². The van der Waals surface area contributed by atoms with Crippen molar-refractivity contribution in [2.24, 2.45) is 5.41 Å². The highest BCUT2D eigenvalue weighted by molar-refractivity contribution is 5.41. The SMILES string of the molecule is COCc1nc(C)cc(N2CCC3(CCOC3)C2)n1. The van der Waals surface area contributed by atoms with Gasteiger partial charge in [-0.3, -0.25) is 0 Å². The van der Waals surface area contributed by atoms with Crippen molar-refractivity contribution in [1.29, 1.82) is 0 Å². The fourth-order valence-electron chi connectivity index (χ4n) is 3.07. The number of ether oxygens (including phenoxy) is 2. The summed E-state index contributed by atoms with van der Waals surface area (Å²) < 4.78 is 10.7. The van der Waals surface area contributed by atoms with Crippen LogP contribution in [0.2, 0.25) is 0 Å². The van der Waals surface area contributed by atoms with Gasteiger partial charge in [-0.15, -0.1) is 0 Å². The molecule has 0 aromatic carbocycles. The van der Waals surface area contributed by atoms with Crippen LogP contribution in [-0.2, 0) is 16.1 Å². The number of rotatable bonds is 3. The second-order valence-corrected chi connectivity index (χ2v) is 5.69. The summed E-state index contributed by atoms with van der Waals surface area (Å²) in [5.41, 5.74) is 1.36. The van der Waals surface area contributed by atoms with Crippen molar-refractivity contribution in [2.45, 2.75) is 26.4 Å². The lowest BCUT2D eigenvalue weighted by atomic mass is 9.87. The van der Waals surface area contributed by atoms with Crippen LogP contribution >= 0.6 is 0 Å². The molecule has 2 fully saturated rings. The molecule has 19 heavy (non-hydrogen) atoms. The zero-order chi connectivity index (χ0) is 13.3. The average Bonchev–Trinajstić information content (AvgIpc) is 3.00. The lowest BCUT2D eigenvalue weighted by Crippen LogP contribution is -2.28. The number of hydrogen-bond donors (Lipinski definition) is 0.